The van der Waals surface area contributed by atoms with E-state index >= 15 is 0 Å². The van der Waals surface area contributed by atoms with Gasteiger partial charge in [-0.2, -0.15) is 0 Å². The van der Waals surface area contributed by atoms with Crippen molar-refractivity contribution in [1.82, 2.24) is 10.2 Å². The summed E-state index contributed by atoms with van der Waals surface area (Å²) in [6.07, 6.45) is -0.156. The van der Waals surface area contributed by atoms with Crippen LogP contribution >= 0.6 is 11.3 Å². The van der Waals surface area contributed by atoms with Gasteiger partial charge in [-0.1, -0.05) is 11.3 Å². The summed E-state index contributed by atoms with van der Waals surface area (Å²) < 4.78 is 25.7. The van der Waals surface area contributed by atoms with Crippen LogP contribution in [0.25, 0.3) is 0 Å². The Morgan fingerprint density at radius 2 is 1.93 bits per heavy atom. The highest BCUT2D eigenvalue weighted by molar-refractivity contribution is 7.15. The Hall–Kier alpha value is -0.780. The Bertz CT molecular complexity index is 316. The number of halogens is 2. The van der Waals surface area contributed by atoms with Gasteiger partial charge in [0.15, 0.2) is 0 Å². The predicted octanol–water partition coefficient (Wildman–Crippen LogP) is 2.08. The minimum Gasteiger partial charge on any atom is -0.346 e. The first-order valence-electron chi connectivity index (χ1n) is 4.50. The third-order valence-electron chi connectivity index (χ3n) is 2.28. The van der Waals surface area contributed by atoms with E-state index in [1.54, 1.807) is 0 Å². The number of anilines is 1. The van der Waals surface area contributed by atoms with Crippen LogP contribution in [0.1, 0.15) is 17.8 Å². The number of nitrogens with zero attached hydrogens (tertiary/aromatic N) is 3. The summed E-state index contributed by atoms with van der Waals surface area (Å²) in [7, 11) is 0. The molecule has 1 fully saturated rings. The van der Waals surface area contributed by atoms with Gasteiger partial charge in [-0.3, -0.25) is 0 Å². The van der Waals surface area contributed by atoms with Gasteiger partial charge in [0, 0.05) is 25.9 Å². The van der Waals surface area contributed by atoms with Crippen molar-refractivity contribution >= 4 is 16.5 Å². The summed E-state index contributed by atoms with van der Waals surface area (Å²) in [5.41, 5.74) is 0. The fourth-order valence-corrected chi connectivity index (χ4v) is 2.18. The number of hydrogen-bond donors (Lipinski definition) is 0. The molecule has 0 saturated carbocycles. The lowest BCUT2D eigenvalue weighted by atomic mass is 10.1. The number of alkyl halides is 2. The molecule has 0 N–H and O–H groups in total. The van der Waals surface area contributed by atoms with Crippen LogP contribution in [0.2, 0.25) is 0 Å². The van der Waals surface area contributed by atoms with Gasteiger partial charge in [-0.15, -0.1) is 10.2 Å². The van der Waals surface area contributed by atoms with E-state index in [1.807, 2.05) is 11.8 Å². The molecule has 14 heavy (non-hydrogen) atoms. The van der Waals surface area contributed by atoms with Crippen LogP contribution in [0, 0.1) is 6.92 Å². The second-order valence-corrected chi connectivity index (χ2v) is 4.61. The van der Waals surface area contributed by atoms with Gasteiger partial charge >= 0.3 is 0 Å². The minimum atomic E-state index is -2.49. The lowest BCUT2D eigenvalue weighted by molar-refractivity contribution is -0.0220. The first kappa shape index (κ1) is 9.76. The predicted molar refractivity (Wildman–Crippen MR) is 51.0 cm³/mol. The average molecular weight is 219 g/mol. The van der Waals surface area contributed by atoms with Crippen LogP contribution in [-0.2, 0) is 0 Å². The minimum absolute atomic E-state index is 0.0778. The topological polar surface area (TPSA) is 29.0 Å². The molecular formula is C8H11F2N3S. The van der Waals surface area contributed by atoms with Crippen molar-refractivity contribution in [3.63, 3.8) is 0 Å². The van der Waals surface area contributed by atoms with Crippen molar-refractivity contribution in [3.8, 4) is 0 Å². The van der Waals surface area contributed by atoms with Crippen molar-refractivity contribution in [2.75, 3.05) is 18.0 Å². The zero-order chi connectivity index (χ0) is 10.2. The Morgan fingerprint density at radius 1 is 1.29 bits per heavy atom. The average Bonchev–Trinajstić information content (AvgIpc) is 2.52. The van der Waals surface area contributed by atoms with Crippen molar-refractivity contribution in [1.29, 1.82) is 0 Å². The molecule has 1 aliphatic heterocycles. The quantitative estimate of drug-likeness (QED) is 0.724. The lowest BCUT2D eigenvalue weighted by Gasteiger charge is -2.30. The van der Waals surface area contributed by atoms with Gasteiger partial charge in [0.2, 0.25) is 5.13 Å². The normalized spacial score (nSPS) is 21.2. The molecular weight excluding hydrogens is 208 g/mol. The standard InChI is InChI=1S/C8H11F2N3S/c1-6-11-12-7(14-6)13-4-2-8(9,10)3-5-13/h2-5H2,1H3. The van der Waals surface area contributed by atoms with E-state index in [1.165, 1.54) is 11.3 Å². The van der Waals surface area contributed by atoms with E-state index in [4.69, 9.17) is 0 Å². The SMILES string of the molecule is Cc1nnc(N2CCC(F)(F)CC2)s1. The van der Waals surface area contributed by atoms with Crippen molar-refractivity contribution < 1.29 is 8.78 Å². The maximum atomic E-state index is 12.8. The van der Waals surface area contributed by atoms with Gasteiger partial charge in [0.25, 0.3) is 5.92 Å². The van der Waals surface area contributed by atoms with Gasteiger partial charge < -0.3 is 4.90 Å². The second kappa shape index (κ2) is 3.42. The van der Waals surface area contributed by atoms with E-state index in [0.717, 1.165) is 10.1 Å². The van der Waals surface area contributed by atoms with Crippen LogP contribution in [-0.4, -0.2) is 29.2 Å². The van der Waals surface area contributed by atoms with E-state index in [2.05, 4.69) is 10.2 Å². The van der Waals surface area contributed by atoms with Crippen LogP contribution in [0.4, 0.5) is 13.9 Å². The summed E-state index contributed by atoms with van der Waals surface area (Å²) >= 11 is 1.45. The van der Waals surface area contributed by atoms with Crippen LogP contribution in [0.3, 0.4) is 0 Å². The molecule has 0 amide bonds. The fourth-order valence-electron chi connectivity index (χ4n) is 1.44. The van der Waals surface area contributed by atoms with Crippen molar-refractivity contribution in [2.45, 2.75) is 25.7 Å². The Kier molecular flexibility index (Phi) is 2.38. The van der Waals surface area contributed by atoms with Crippen molar-refractivity contribution in [3.05, 3.63) is 5.01 Å². The van der Waals surface area contributed by atoms with Crippen LogP contribution in [0.15, 0.2) is 0 Å². The number of rotatable bonds is 1. The summed E-state index contributed by atoms with van der Waals surface area (Å²) in [6, 6.07) is 0. The molecule has 0 unspecified atom stereocenters. The van der Waals surface area contributed by atoms with E-state index in [9.17, 15) is 8.78 Å². The smallest absolute Gasteiger partial charge is 0.251 e. The fraction of sp³-hybridized carbons (Fsp3) is 0.750. The highest BCUT2D eigenvalue weighted by Crippen LogP contribution is 2.31. The molecule has 0 aromatic carbocycles. The summed E-state index contributed by atoms with van der Waals surface area (Å²) in [5, 5.41) is 9.44. The van der Waals surface area contributed by atoms with E-state index < -0.39 is 5.92 Å². The molecule has 78 valence electrons. The molecule has 0 aliphatic carbocycles. The Morgan fingerprint density at radius 3 is 2.43 bits per heavy atom. The number of hydrogen-bond acceptors (Lipinski definition) is 4. The lowest BCUT2D eigenvalue weighted by Crippen LogP contribution is -2.39. The molecule has 1 saturated heterocycles. The zero-order valence-corrected chi connectivity index (χ0v) is 8.65. The van der Waals surface area contributed by atoms with Crippen LogP contribution < -0.4 is 4.90 Å². The van der Waals surface area contributed by atoms with Gasteiger partial charge in [-0.05, 0) is 6.92 Å². The first-order valence-corrected chi connectivity index (χ1v) is 5.31. The van der Waals surface area contributed by atoms with Crippen molar-refractivity contribution in [2.24, 2.45) is 0 Å². The monoisotopic (exact) mass is 219 g/mol. The number of aromatic nitrogens is 2. The number of piperidine rings is 1. The summed E-state index contributed by atoms with van der Waals surface area (Å²) in [4.78, 5) is 1.88. The second-order valence-electron chi connectivity index (χ2n) is 3.45. The Labute approximate surface area is 84.8 Å². The third-order valence-corrected chi connectivity index (χ3v) is 3.18. The van der Waals surface area contributed by atoms with Gasteiger partial charge in [-0.25, -0.2) is 8.78 Å². The molecule has 0 radical (unpaired) electrons. The summed E-state index contributed by atoms with van der Waals surface area (Å²) in [6.45, 7) is 2.61. The molecule has 1 aromatic heterocycles. The zero-order valence-electron chi connectivity index (χ0n) is 7.83. The molecule has 6 heteroatoms. The third kappa shape index (κ3) is 2.00. The first-order chi connectivity index (χ1) is 6.57. The molecule has 1 aromatic rings. The molecule has 0 bridgehead atoms. The summed E-state index contributed by atoms with van der Waals surface area (Å²) in [5.74, 6) is -2.49. The van der Waals surface area contributed by atoms with Crippen LogP contribution in [0.5, 0.6) is 0 Å². The molecule has 0 spiro atoms. The van der Waals surface area contributed by atoms with E-state index in [0.29, 0.717) is 13.1 Å². The molecule has 2 rings (SSSR count). The van der Waals surface area contributed by atoms with Gasteiger partial charge in [0.1, 0.15) is 5.01 Å². The number of aryl methyl sites for hydroxylation is 1. The van der Waals surface area contributed by atoms with E-state index in [-0.39, 0.29) is 12.8 Å². The molecule has 0 atom stereocenters. The highest BCUT2D eigenvalue weighted by Gasteiger charge is 2.34. The maximum absolute atomic E-state index is 12.8. The molecule has 3 nitrogen and oxygen atoms in total. The molecule has 1 aliphatic rings. The Balaban J connectivity index is 2.02. The molecule has 2 heterocycles. The highest BCUT2D eigenvalue weighted by atomic mass is 32.1. The largest absolute Gasteiger partial charge is 0.346 e. The van der Waals surface area contributed by atoms with Gasteiger partial charge in [0.05, 0.1) is 0 Å². The maximum Gasteiger partial charge on any atom is 0.251 e.